The topological polar surface area (TPSA) is 38.7 Å². The van der Waals surface area contributed by atoms with Gasteiger partial charge in [0.05, 0.1) is 18.8 Å². The van der Waals surface area contributed by atoms with Gasteiger partial charge in [0.1, 0.15) is 0 Å². The van der Waals surface area contributed by atoms with E-state index in [1.54, 1.807) is 0 Å². The van der Waals surface area contributed by atoms with E-state index in [1.807, 2.05) is 6.08 Å². The molecular weight excluding hydrogens is 360 g/mol. The van der Waals surface area contributed by atoms with Gasteiger partial charge in [0, 0.05) is 18.8 Å². The van der Waals surface area contributed by atoms with Crippen molar-refractivity contribution in [3.8, 4) is 0 Å². The molecule has 1 spiro atoms. The van der Waals surface area contributed by atoms with Crippen LogP contribution >= 0.6 is 0 Å². The van der Waals surface area contributed by atoms with Crippen molar-refractivity contribution in [2.45, 2.75) is 90.4 Å². The summed E-state index contributed by atoms with van der Waals surface area (Å²) in [5, 5.41) is 11.8. The van der Waals surface area contributed by atoms with Crippen LogP contribution in [0.2, 0.25) is 0 Å². The molecule has 164 valence electrons. The van der Waals surface area contributed by atoms with Gasteiger partial charge < -0.3 is 14.6 Å². The number of ether oxygens (including phenoxy) is 2. The summed E-state index contributed by atoms with van der Waals surface area (Å²) in [5.41, 5.74) is -0.146. The molecule has 0 aromatic rings. The molecule has 0 radical (unpaired) electrons. The van der Waals surface area contributed by atoms with Crippen LogP contribution < -0.4 is 0 Å². The number of hydrogen-bond donors (Lipinski definition) is 1. The minimum Gasteiger partial charge on any atom is -0.389 e. The van der Waals surface area contributed by atoms with Crippen molar-refractivity contribution in [3.05, 3.63) is 12.7 Å². The van der Waals surface area contributed by atoms with Gasteiger partial charge >= 0.3 is 0 Å². The lowest BCUT2D eigenvalue weighted by Gasteiger charge is -2.64. The summed E-state index contributed by atoms with van der Waals surface area (Å²) in [6.07, 6.45) is 11.4. The standard InChI is InChI=1S/C26H42O3/c1-6-17(2)26(27)12-10-21-20-8-7-19-16-25(28-13-14-29-25)15-18(3)24(19,5)22(20)9-11-23(21,26)4/h6,17-22,27H,1,7-16H2,2-5H3/t17-,18+,19+,20+,21+,22+,23+,24+,26+/m1/s1. The Kier molecular flexibility index (Phi) is 4.64. The third-order valence-electron chi connectivity index (χ3n) is 11.3. The van der Waals surface area contributed by atoms with E-state index in [0.29, 0.717) is 23.2 Å². The van der Waals surface area contributed by atoms with Crippen molar-refractivity contribution in [1.82, 2.24) is 0 Å². The number of hydrogen-bond acceptors (Lipinski definition) is 3. The van der Waals surface area contributed by atoms with Crippen LogP contribution in [0.1, 0.15) is 79.1 Å². The van der Waals surface area contributed by atoms with Gasteiger partial charge in [-0.25, -0.2) is 0 Å². The van der Waals surface area contributed by atoms with Gasteiger partial charge in [-0.3, -0.25) is 0 Å². The summed E-state index contributed by atoms with van der Waals surface area (Å²) in [7, 11) is 0. The van der Waals surface area contributed by atoms with Crippen LogP contribution in [0.3, 0.4) is 0 Å². The second-order valence-corrected chi connectivity index (χ2v) is 11.9. The lowest BCUT2D eigenvalue weighted by molar-refractivity contribution is -0.251. The van der Waals surface area contributed by atoms with Crippen LogP contribution in [0.4, 0.5) is 0 Å². The van der Waals surface area contributed by atoms with E-state index in [1.165, 1.54) is 32.1 Å². The Hall–Kier alpha value is -0.380. The number of fused-ring (bicyclic) bond motifs is 5. The first-order valence-electron chi connectivity index (χ1n) is 12.3. The zero-order valence-electron chi connectivity index (χ0n) is 19.1. The van der Waals surface area contributed by atoms with Gasteiger partial charge in [-0.1, -0.05) is 33.8 Å². The minimum atomic E-state index is -0.574. The number of rotatable bonds is 2. The van der Waals surface area contributed by atoms with Crippen molar-refractivity contribution in [2.75, 3.05) is 13.2 Å². The molecule has 5 rings (SSSR count). The van der Waals surface area contributed by atoms with E-state index < -0.39 is 5.60 Å². The van der Waals surface area contributed by atoms with Crippen LogP contribution in [0.25, 0.3) is 0 Å². The van der Waals surface area contributed by atoms with E-state index in [-0.39, 0.29) is 17.1 Å². The fraction of sp³-hybridized carbons (Fsp3) is 0.923. The molecule has 5 fully saturated rings. The predicted octanol–water partition coefficient (Wildman–Crippen LogP) is 5.57. The van der Waals surface area contributed by atoms with Crippen molar-refractivity contribution < 1.29 is 14.6 Å². The molecule has 0 aromatic heterocycles. The SMILES string of the molecule is C=C[C@@H](C)[C@@]1(O)CC[C@H]2[C@@H]3CC[C@H]4CC5(C[C@H](C)[C@]4(C)[C@H]3CC[C@@]21C)OCCO5. The number of aliphatic hydroxyl groups is 1. The van der Waals surface area contributed by atoms with Crippen LogP contribution in [0.15, 0.2) is 12.7 Å². The molecule has 4 aliphatic carbocycles. The molecule has 9 atom stereocenters. The maximum atomic E-state index is 11.8. The molecule has 1 aliphatic heterocycles. The average Bonchev–Trinajstić information content (AvgIpc) is 3.25. The fourth-order valence-corrected chi connectivity index (χ4v) is 9.43. The maximum Gasteiger partial charge on any atom is 0.169 e. The maximum absolute atomic E-state index is 11.8. The summed E-state index contributed by atoms with van der Waals surface area (Å²) in [5.74, 6) is 3.44. The Morgan fingerprint density at radius 1 is 1.00 bits per heavy atom. The second kappa shape index (κ2) is 6.56. The molecule has 4 saturated carbocycles. The first-order valence-corrected chi connectivity index (χ1v) is 12.3. The first-order chi connectivity index (χ1) is 13.7. The lowest BCUT2D eigenvalue weighted by atomic mass is 9.42. The summed E-state index contributed by atoms with van der Waals surface area (Å²) >= 11 is 0. The molecule has 0 amide bonds. The average molecular weight is 403 g/mol. The molecule has 3 heteroatoms. The highest BCUT2D eigenvalue weighted by atomic mass is 16.7. The zero-order chi connectivity index (χ0) is 20.7. The molecule has 5 aliphatic rings. The normalized spacial score (nSPS) is 54.4. The highest BCUT2D eigenvalue weighted by Crippen LogP contribution is 2.70. The van der Waals surface area contributed by atoms with Gasteiger partial charge in [-0.15, -0.1) is 6.58 Å². The van der Waals surface area contributed by atoms with Crippen molar-refractivity contribution in [1.29, 1.82) is 0 Å². The van der Waals surface area contributed by atoms with Crippen LogP contribution in [0.5, 0.6) is 0 Å². The van der Waals surface area contributed by atoms with E-state index in [4.69, 9.17) is 9.47 Å². The minimum absolute atomic E-state index is 0.0434. The zero-order valence-corrected chi connectivity index (χ0v) is 19.1. The van der Waals surface area contributed by atoms with Gasteiger partial charge in [0.2, 0.25) is 0 Å². The van der Waals surface area contributed by atoms with Crippen LogP contribution in [-0.2, 0) is 9.47 Å². The summed E-state index contributed by atoms with van der Waals surface area (Å²) in [4.78, 5) is 0. The molecular formula is C26H42O3. The molecule has 0 bridgehead atoms. The highest BCUT2D eigenvalue weighted by molar-refractivity contribution is 5.17. The highest BCUT2D eigenvalue weighted by Gasteiger charge is 2.67. The summed E-state index contributed by atoms with van der Waals surface area (Å²) < 4.78 is 12.3. The Morgan fingerprint density at radius 3 is 2.38 bits per heavy atom. The van der Waals surface area contributed by atoms with Crippen LogP contribution in [0, 0.1) is 46.3 Å². The largest absolute Gasteiger partial charge is 0.389 e. The molecule has 0 unspecified atom stereocenters. The van der Waals surface area contributed by atoms with E-state index in [9.17, 15) is 5.11 Å². The molecule has 1 saturated heterocycles. The Balaban J connectivity index is 1.44. The van der Waals surface area contributed by atoms with E-state index in [0.717, 1.165) is 44.3 Å². The monoisotopic (exact) mass is 402 g/mol. The molecule has 1 heterocycles. The van der Waals surface area contributed by atoms with Crippen molar-refractivity contribution in [3.63, 3.8) is 0 Å². The van der Waals surface area contributed by atoms with Crippen molar-refractivity contribution in [2.24, 2.45) is 46.3 Å². The predicted molar refractivity (Wildman–Crippen MR) is 115 cm³/mol. The molecule has 29 heavy (non-hydrogen) atoms. The Labute approximate surface area is 177 Å². The second-order valence-electron chi connectivity index (χ2n) is 11.9. The Bertz CT molecular complexity index is 669. The smallest absolute Gasteiger partial charge is 0.169 e. The van der Waals surface area contributed by atoms with Gasteiger partial charge in [-0.2, -0.15) is 0 Å². The summed E-state index contributed by atoms with van der Waals surface area (Å²) in [6.45, 7) is 15.2. The third kappa shape index (κ3) is 2.53. The fourth-order valence-electron chi connectivity index (χ4n) is 9.43. The molecule has 0 aromatic carbocycles. The molecule has 3 nitrogen and oxygen atoms in total. The quantitative estimate of drug-likeness (QED) is 0.614. The van der Waals surface area contributed by atoms with E-state index in [2.05, 4.69) is 34.3 Å². The van der Waals surface area contributed by atoms with E-state index >= 15 is 0 Å². The van der Waals surface area contributed by atoms with Gasteiger partial charge in [0.15, 0.2) is 5.79 Å². The van der Waals surface area contributed by atoms with Crippen molar-refractivity contribution >= 4 is 0 Å². The third-order valence-corrected chi connectivity index (χ3v) is 11.3. The lowest BCUT2D eigenvalue weighted by Crippen LogP contribution is -2.61. The molecule has 1 N–H and O–H groups in total. The van der Waals surface area contributed by atoms with Crippen LogP contribution in [-0.4, -0.2) is 29.7 Å². The van der Waals surface area contributed by atoms with Gasteiger partial charge in [0.25, 0.3) is 0 Å². The summed E-state index contributed by atoms with van der Waals surface area (Å²) in [6, 6.07) is 0. The Morgan fingerprint density at radius 2 is 1.69 bits per heavy atom. The first kappa shape index (κ1) is 20.5. The van der Waals surface area contributed by atoms with Gasteiger partial charge in [-0.05, 0) is 78.9 Å².